The highest BCUT2D eigenvalue weighted by molar-refractivity contribution is 4.83. The number of hydrogen-bond acceptors (Lipinski definition) is 4. The molecule has 156 valence electrons. The maximum atomic E-state index is 10.1. The average Bonchev–Trinajstić information content (AvgIpc) is 2.59. The molecule has 0 aromatic rings. The Morgan fingerprint density at radius 2 is 1.35 bits per heavy atom. The summed E-state index contributed by atoms with van der Waals surface area (Å²) >= 11 is 0. The average molecular weight is 372 g/mol. The van der Waals surface area contributed by atoms with Crippen LogP contribution in [0.2, 0.25) is 0 Å². The molecular weight excluding hydrogens is 326 g/mol. The van der Waals surface area contributed by atoms with Crippen LogP contribution in [0.4, 0.5) is 0 Å². The van der Waals surface area contributed by atoms with E-state index in [0.29, 0.717) is 6.04 Å². The molecule has 4 heteroatoms. The summed E-state index contributed by atoms with van der Waals surface area (Å²) in [5.74, 6) is 0. The van der Waals surface area contributed by atoms with Gasteiger partial charge < -0.3 is 20.6 Å². The van der Waals surface area contributed by atoms with E-state index in [9.17, 15) is 15.3 Å². The van der Waals surface area contributed by atoms with Gasteiger partial charge in [0.1, 0.15) is 0 Å². The third-order valence-corrected chi connectivity index (χ3v) is 5.89. The lowest BCUT2D eigenvalue weighted by Gasteiger charge is -2.33. The van der Waals surface area contributed by atoms with Gasteiger partial charge in [0.2, 0.25) is 0 Å². The van der Waals surface area contributed by atoms with Gasteiger partial charge in [0.15, 0.2) is 0 Å². The van der Waals surface area contributed by atoms with E-state index in [2.05, 4.69) is 12.2 Å². The van der Waals surface area contributed by atoms with Crippen molar-refractivity contribution in [2.75, 3.05) is 0 Å². The largest absolute Gasteiger partial charge is 0.393 e. The Kier molecular flexibility index (Phi) is 13.6. The second-order valence-electron chi connectivity index (χ2n) is 8.64. The van der Waals surface area contributed by atoms with Gasteiger partial charge >= 0.3 is 0 Å². The number of hydrogen-bond donors (Lipinski definition) is 4. The van der Waals surface area contributed by atoms with Crippen LogP contribution in [0, 0.1) is 0 Å². The minimum absolute atomic E-state index is 0.137. The Morgan fingerprint density at radius 3 is 1.92 bits per heavy atom. The zero-order valence-corrected chi connectivity index (χ0v) is 17.3. The van der Waals surface area contributed by atoms with Gasteiger partial charge in [0.25, 0.3) is 0 Å². The molecule has 0 aromatic carbocycles. The SMILES string of the molecule is C[C@H](O)CCCCCCCCCC[C@H](O)CCC[C@H]1CC[C@H](O)[C@@H](C)N1. The smallest absolute Gasteiger partial charge is 0.0691 e. The first kappa shape index (κ1) is 23.9. The topological polar surface area (TPSA) is 72.7 Å². The molecule has 0 bridgehead atoms. The lowest BCUT2D eigenvalue weighted by atomic mass is 9.93. The fraction of sp³-hybridized carbons (Fsp3) is 1.00. The maximum Gasteiger partial charge on any atom is 0.0691 e. The van der Waals surface area contributed by atoms with Gasteiger partial charge in [-0.1, -0.05) is 51.4 Å². The van der Waals surface area contributed by atoms with Crippen molar-refractivity contribution in [2.24, 2.45) is 0 Å². The van der Waals surface area contributed by atoms with E-state index in [1.807, 2.05) is 6.92 Å². The number of rotatable bonds is 15. The zero-order chi connectivity index (χ0) is 19.2. The van der Waals surface area contributed by atoms with Crippen molar-refractivity contribution < 1.29 is 15.3 Å². The summed E-state index contributed by atoms with van der Waals surface area (Å²) < 4.78 is 0. The number of piperidine rings is 1. The van der Waals surface area contributed by atoms with E-state index in [-0.39, 0.29) is 24.4 Å². The molecule has 0 unspecified atom stereocenters. The minimum atomic E-state index is -0.193. The molecule has 0 radical (unpaired) electrons. The van der Waals surface area contributed by atoms with E-state index >= 15 is 0 Å². The predicted octanol–water partition coefficient (Wildman–Crippen LogP) is 4.30. The third kappa shape index (κ3) is 12.3. The van der Waals surface area contributed by atoms with Crippen LogP contribution in [-0.2, 0) is 0 Å². The van der Waals surface area contributed by atoms with Gasteiger partial charge in [-0.05, 0) is 58.8 Å². The molecule has 26 heavy (non-hydrogen) atoms. The van der Waals surface area contributed by atoms with E-state index < -0.39 is 0 Å². The number of nitrogens with one attached hydrogen (secondary N) is 1. The van der Waals surface area contributed by atoms with E-state index in [1.165, 1.54) is 38.5 Å². The molecule has 1 aliphatic rings. The second-order valence-corrected chi connectivity index (χ2v) is 8.64. The number of aliphatic hydroxyl groups is 3. The molecule has 0 aromatic heterocycles. The lowest BCUT2D eigenvalue weighted by molar-refractivity contribution is 0.0829. The normalized spacial score (nSPS) is 26.0. The van der Waals surface area contributed by atoms with Gasteiger partial charge in [-0.15, -0.1) is 0 Å². The first-order chi connectivity index (χ1) is 12.5. The highest BCUT2D eigenvalue weighted by atomic mass is 16.3. The molecule has 5 atom stereocenters. The standard InChI is InChI=1S/C22H45NO3/c1-18(24)12-9-7-5-3-4-6-8-10-14-21(25)15-11-13-20-16-17-22(26)19(2)23-20/h18-26H,3-17H2,1-2H3/t18-,19+,20-,21-,22-/m0/s1. The summed E-state index contributed by atoms with van der Waals surface area (Å²) in [6.45, 7) is 3.92. The Labute approximate surface area is 161 Å². The van der Waals surface area contributed by atoms with E-state index in [1.54, 1.807) is 0 Å². The van der Waals surface area contributed by atoms with Gasteiger partial charge in [-0.2, -0.15) is 0 Å². The van der Waals surface area contributed by atoms with Crippen molar-refractivity contribution in [2.45, 2.75) is 141 Å². The van der Waals surface area contributed by atoms with Crippen LogP contribution in [0.3, 0.4) is 0 Å². The summed E-state index contributed by atoms with van der Waals surface area (Å²) in [4.78, 5) is 0. The molecule has 1 aliphatic heterocycles. The van der Waals surface area contributed by atoms with E-state index in [0.717, 1.165) is 57.8 Å². The van der Waals surface area contributed by atoms with Crippen molar-refractivity contribution in [3.05, 3.63) is 0 Å². The molecular formula is C22H45NO3. The molecule has 1 rings (SSSR count). The van der Waals surface area contributed by atoms with Crippen molar-refractivity contribution in [1.29, 1.82) is 0 Å². The molecule has 0 amide bonds. The third-order valence-electron chi connectivity index (χ3n) is 5.89. The summed E-state index contributed by atoms with van der Waals surface area (Å²) in [5.41, 5.74) is 0. The Bertz CT molecular complexity index is 325. The van der Waals surface area contributed by atoms with E-state index in [4.69, 9.17) is 0 Å². The molecule has 1 saturated heterocycles. The van der Waals surface area contributed by atoms with Crippen LogP contribution < -0.4 is 5.32 Å². The van der Waals surface area contributed by atoms with Crippen LogP contribution in [0.25, 0.3) is 0 Å². The quantitative estimate of drug-likeness (QED) is 0.324. The van der Waals surface area contributed by atoms with Gasteiger partial charge in [0, 0.05) is 12.1 Å². The van der Waals surface area contributed by atoms with Crippen LogP contribution in [0.15, 0.2) is 0 Å². The fourth-order valence-electron chi connectivity index (χ4n) is 4.04. The molecule has 0 spiro atoms. The van der Waals surface area contributed by atoms with Crippen LogP contribution in [0.5, 0.6) is 0 Å². The second kappa shape index (κ2) is 14.8. The van der Waals surface area contributed by atoms with Crippen molar-refractivity contribution >= 4 is 0 Å². The molecule has 1 heterocycles. The highest BCUT2D eigenvalue weighted by Crippen LogP contribution is 2.19. The zero-order valence-electron chi connectivity index (χ0n) is 17.3. The summed E-state index contributed by atoms with van der Waals surface area (Å²) in [6, 6.07) is 0.720. The molecule has 0 aliphatic carbocycles. The van der Waals surface area contributed by atoms with Gasteiger partial charge in [-0.25, -0.2) is 0 Å². The maximum absolute atomic E-state index is 10.1. The molecule has 4 nitrogen and oxygen atoms in total. The van der Waals surface area contributed by atoms with Crippen LogP contribution in [-0.4, -0.2) is 45.7 Å². The fourth-order valence-corrected chi connectivity index (χ4v) is 4.04. The van der Waals surface area contributed by atoms with Gasteiger partial charge in [0.05, 0.1) is 18.3 Å². The minimum Gasteiger partial charge on any atom is -0.393 e. The van der Waals surface area contributed by atoms with Crippen LogP contribution >= 0.6 is 0 Å². The van der Waals surface area contributed by atoms with Gasteiger partial charge in [-0.3, -0.25) is 0 Å². The lowest BCUT2D eigenvalue weighted by Crippen LogP contribution is -2.48. The first-order valence-corrected chi connectivity index (χ1v) is 11.3. The molecule has 0 saturated carbocycles. The Morgan fingerprint density at radius 1 is 0.808 bits per heavy atom. The van der Waals surface area contributed by atoms with Crippen LogP contribution in [0.1, 0.15) is 110 Å². The summed E-state index contributed by atoms with van der Waals surface area (Å²) in [6.07, 6.45) is 16.5. The van der Waals surface area contributed by atoms with Crippen molar-refractivity contribution in [1.82, 2.24) is 5.32 Å². The summed E-state index contributed by atoms with van der Waals surface area (Å²) in [5, 5.41) is 32.6. The molecule has 1 fully saturated rings. The van der Waals surface area contributed by atoms with Crippen molar-refractivity contribution in [3.8, 4) is 0 Å². The van der Waals surface area contributed by atoms with Crippen molar-refractivity contribution in [3.63, 3.8) is 0 Å². The predicted molar refractivity (Wildman–Crippen MR) is 109 cm³/mol. The Balaban J connectivity index is 1.84. The highest BCUT2D eigenvalue weighted by Gasteiger charge is 2.24. The number of unbranched alkanes of at least 4 members (excludes halogenated alkanes) is 7. The monoisotopic (exact) mass is 371 g/mol. The Hall–Kier alpha value is -0.160. The summed E-state index contributed by atoms with van der Waals surface area (Å²) in [7, 11) is 0. The number of aliphatic hydroxyl groups excluding tert-OH is 3. The molecule has 4 N–H and O–H groups in total. The first-order valence-electron chi connectivity index (χ1n) is 11.3.